The summed E-state index contributed by atoms with van der Waals surface area (Å²) in [5.41, 5.74) is 2.59. The molecule has 0 bridgehead atoms. The maximum atomic E-state index is 12.4. The van der Waals surface area contributed by atoms with Crippen molar-refractivity contribution < 1.29 is 9.53 Å². The topological polar surface area (TPSA) is 56.2 Å². The Morgan fingerprint density at radius 3 is 2.81 bits per heavy atom. The zero-order valence-electron chi connectivity index (χ0n) is 15.2. The highest BCUT2D eigenvalue weighted by Crippen LogP contribution is 2.24. The zero-order chi connectivity index (χ0) is 19.1. The Bertz CT molecular complexity index is 908. The average molecular weight is 428 g/mol. The molecule has 0 radical (unpaired) electrons. The minimum Gasteiger partial charge on any atom is -0.488 e. The Morgan fingerprint density at radius 1 is 1.19 bits per heavy atom. The molecule has 6 heteroatoms. The molecule has 3 aromatic rings. The van der Waals surface area contributed by atoms with Crippen molar-refractivity contribution in [1.29, 1.82) is 0 Å². The van der Waals surface area contributed by atoms with Crippen molar-refractivity contribution in [2.24, 2.45) is 0 Å². The number of carbonyl (C=O) groups is 1. The van der Waals surface area contributed by atoms with E-state index in [1.54, 1.807) is 0 Å². The highest BCUT2D eigenvalue weighted by atomic mass is 79.9. The number of amides is 1. The van der Waals surface area contributed by atoms with Crippen LogP contribution in [-0.4, -0.2) is 22.2 Å². The molecule has 0 saturated heterocycles. The summed E-state index contributed by atoms with van der Waals surface area (Å²) in [6.45, 7) is 3.76. The molecule has 1 heterocycles. The molecule has 0 aliphatic rings. The number of ether oxygens (including phenoxy) is 1. The number of benzene rings is 2. The minimum absolute atomic E-state index is 0.0746. The van der Waals surface area contributed by atoms with Crippen LogP contribution in [0.5, 0.6) is 5.75 Å². The molecule has 1 aromatic heterocycles. The van der Waals surface area contributed by atoms with Crippen LogP contribution < -0.4 is 10.1 Å². The van der Waals surface area contributed by atoms with Gasteiger partial charge in [-0.1, -0.05) is 24.3 Å². The number of halogens is 1. The monoisotopic (exact) mass is 427 g/mol. The summed E-state index contributed by atoms with van der Waals surface area (Å²) in [6, 6.07) is 17.2. The Morgan fingerprint density at radius 2 is 2.04 bits per heavy atom. The number of aromatic nitrogens is 2. The van der Waals surface area contributed by atoms with Crippen molar-refractivity contribution >= 4 is 21.8 Å². The van der Waals surface area contributed by atoms with Crippen LogP contribution in [0.4, 0.5) is 0 Å². The number of rotatable bonds is 8. The van der Waals surface area contributed by atoms with E-state index in [1.165, 1.54) is 0 Å². The van der Waals surface area contributed by atoms with E-state index in [9.17, 15) is 4.79 Å². The van der Waals surface area contributed by atoms with E-state index in [0.29, 0.717) is 18.7 Å². The van der Waals surface area contributed by atoms with Crippen LogP contribution in [0.1, 0.15) is 28.0 Å². The molecule has 0 aliphatic carbocycles. The van der Waals surface area contributed by atoms with Crippen LogP contribution in [-0.2, 0) is 13.2 Å². The molecule has 0 aliphatic heterocycles. The molecule has 2 aromatic carbocycles. The number of aryl methyl sites for hydroxylation is 2. The second kappa shape index (κ2) is 9.37. The van der Waals surface area contributed by atoms with Gasteiger partial charge in [0.25, 0.3) is 5.91 Å². The van der Waals surface area contributed by atoms with E-state index in [0.717, 1.165) is 34.4 Å². The van der Waals surface area contributed by atoms with Crippen LogP contribution >= 0.6 is 15.9 Å². The average Bonchev–Trinajstić information content (AvgIpc) is 3.10. The Balaban J connectivity index is 1.48. The first-order valence-electron chi connectivity index (χ1n) is 8.86. The normalized spacial score (nSPS) is 10.6. The van der Waals surface area contributed by atoms with Crippen molar-refractivity contribution in [1.82, 2.24) is 15.1 Å². The van der Waals surface area contributed by atoms with Crippen molar-refractivity contribution in [2.45, 2.75) is 26.5 Å². The molecule has 27 heavy (non-hydrogen) atoms. The van der Waals surface area contributed by atoms with Gasteiger partial charge in [-0.05, 0) is 65.2 Å². The maximum absolute atomic E-state index is 12.4. The van der Waals surface area contributed by atoms with Gasteiger partial charge in [-0.2, -0.15) is 5.10 Å². The molecular weight excluding hydrogens is 406 g/mol. The van der Waals surface area contributed by atoms with Crippen molar-refractivity contribution in [3.8, 4) is 5.75 Å². The molecule has 0 fully saturated rings. The summed E-state index contributed by atoms with van der Waals surface area (Å²) >= 11 is 3.47. The van der Waals surface area contributed by atoms with E-state index in [2.05, 4.69) is 26.3 Å². The first kappa shape index (κ1) is 19.2. The second-order valence-corrected chi connectivity index (χ2v) is 7.10. The number of hydrogen-bond acceptors (Lipinski definition) is 3. The summed E-state index contributed by atoms with van der Waals surface area (Å²) in [5, 5.41) is 7.29. The SMILES string of the molecule is Cc1ccn(CCCNC(=O)c2cccc(COc3ccccc3Br)c2)n1. The second-order valence-electron chi connectivity index (χ2n) is 6.25. The fourth-order valence-corrected chi connectivity index (χ4v) is 3.06. The van der Waals surface area contributed by atoms with Crippen molar-refractivity contribution in [3.63, 3.8) is 0 Å². The van der Waals surface area contributed by atoms with Crippen molar-refractivity contribution in [3.05, 3.63) is 82.1 Å². The number of carbonyl (C=O) groups excluding carboxylic acids is 1. The molecule has 0 atom stereocenters. The summed E-state index contributed by atoms with van der Waals surface area (Å²) in [6.07, 6.45) is 2.78. The lowest BCUT2D eigenvalue weighted by molar-refractivity contribution is 0.0952. The van der Waals surface area contributed by atoms with Gasteiger partial charge in [0, 0.05) is 24.8 Å². The number of hydrogen-bond donors (Lipinski definition) is 1. The summed E-state index contributed by atoms with van der Waals surface area (Å²) in [7, 11) is 0. The summed E-state index contributed by atoms with van der Waals surface area (Å²) in [5.74, 6) is 0.704. The van der Waals surface area contributed by atoms with Gasteiger partial charge in [-0.3, -0.25) is 9.48 Å². The number of para-hydroxylation sites is 1. The molecule has 1 amide bonds. The van der Waals surface area contributed by atoms with Crippen molar-refractivity contribution in [2.75, 3.05) is 6.54 Å². The van der Waals surface area contributed by atoms with Gasteiger partial charge >= 0.3 is 0 Å². The van der Waals surface area contributed by atoms with E-state index >= 15 is 0 Å². The maximum Gasteiger partial charge on any atom is 0.251 e. The quantitative estimate of drug-likeness (QED) is 0.543. The van der Waals surface area contributed by atoms with Gasteiger partial charge in [0.15, 0.2) is 0 Å². The fourth-order valence-electron chi connectivity index (χ4n) is 2.66. The third-order valence-corrected chi connectivity index (χ3v) is 4.70. The molecule has 5 nitrogen and oxygen atoms in total. The molecule has 0 spiro atoms. The summed E-state index contributed by atoms with van der Waals surface area (Å²) < 4.78 is 8.62. The van der Waals surface area contributed by atoms with Crippen LogP contribution in [0, 0.1) is 6.92 Å². The van der Waals surface area contributed by atoms with Crippen LogP contribution in [0.3, 0.4) is 0 Å². The lowest BCUT2D eigenvalue weighted by atomic mass is 10.1. The lowest BCUT2D eigenvalue weighted by Crippen LogP contribution is -2.25. The minimum atomic E-state index is -0.0746. The largest absolute Gasteiger partial charge is 0.488 e. The smallest absolute Gasteiger partial charge is 0.251 e. The molecule has 140 valence electrons. The van der Waals surface area contributed by atoms with E-state index in [-0.39, 0.29) is 5.91 Å². The fraction of sp³-hybridized carbons (Fsp3) is 0.238. The van der Waals surface area contributed by atoms with Crippen LogP contribution in [0.2, 0.25) is 0 Å². The van der Waals surface area contributed by atoms with Gasteiger partial charge in [0.1, 0.15) is 12.4 Å². The highest BCUT2D eigenvalue weighted by Gasteiger charge is 2.07. The van der Waals surface area contributed by atoms with E-state index in [1.807, 2.05) is 72.4 Å². The Kier molecular flexibility index (Phi) is 6.65. The third-order valence-electron chi connectivity index (χ3n) is 4.04. The van der Waals surface area contributed by atoms with Crippen LogP contribution in [0.15, 0.2) is 65.3 Å². The zero-order valence-corrected chi connectivity index (χ0v) is 16.8. The Hall–Kier alpha value is -2.60. The highest BCUT2D eigenvalue weighted by molar-refractivity contribution is 9.10. The van der Waals surface area contributed by atoms with Gasteiger partial charge in [0.2, 0.25) is 0 Å². The van der Waals surface area contributed by atoms with Crippen LogP contribution in [0.25, 0.3) is 0 Å². The predicted molar refractivity (Wildman–Crippen MR) is 109 cm³/mol. The predicted octanol–water partition coefficient (Wildman–Crippen LogP) is 4.35. The van der Waals surface area contributed by atoms with Gasteiger partial charge in [-0.15, -0.1) is 0 Å². The summed E-state index contributed by atoms with van der Waals surface area (Å²) in [4.78, 5) is 12.4. The molecule has 1 N–H and O–H groups in total. The molecule has 3 rings (SSSR count). The first-order chi connectivity index (χ1) is 13.1. The number of nitrogens with zero attached hydrogens (tertiary/aromatic N) is 2. The molecular formula is C21H22BrN3O2. The third kappa shape index (κ3) is 5.69. The molecule has 0 saturated carbocycles. The first-order valence-corrected chi connectivity index (χ1v) is 9.65. The lowest BCUT2D eigenvalue weighted by Gasteiger charge is -2.10. The van der Waals surface area contributed by atoms with E-state index < -0.39 is 0 Å². The number of nitrogens with one attached hydrogen (secondary N) is 1. The Labute approximate surface area is 167 Å². The molecule has 0 unspecified atom stereocenters. The van der Waals surface area contributed by atoms with Gasteiger partial charge < -0.3 is 10.1 Å². The standard InChI is InChI=1S/C21H22BrN3O2/c1-16-10-13-25(24-16)12-5-11-23-21(26)18-7-4-6-17(14-18)15-27-20-9-3-2-8-19(20)22/h2-4,6-10,13-14H,5,11-12,15H2,1H3,(H,23,26). The van der Waals surface area contributed by atoms with Gasteiger partial charge in [0.05, 0.1) is 10.2 Å². The van der Waals surface area contributed by atoms with E-state index in [4.69, 9.17) is 4.74 Å². The van der Waals surface area contributed by atoms with Gasteiger partial charge in [-0.25, -0.2) is 0 Å².